The molecule has 1 fully saturated rings. The summed E-state index contributed by atoms with van der Waals surface area (Å²) in [6.07, 6.45) is -3.73. The second-order valence-corrected chi connectivity index (χ2v) is 7.51. The summed E-state index contributed by atoms with van der Waals surface area (Å²) < 4.78 is 38.8. The van der Waals surface area contributed by atoms with E-state index in [1.807, 2.05) is 4.90 Å². The van der Waals surface area contributed by atoms with Gasteiger partial charge in [0.05, 0.1) is 23.3 Å². The Morgan fingerprint density at radius 2 is 1.52 bits per heavy atom. The summed E-state index contributed by atoms with van der Waals surface area (Å²) in [5, 5.41) is 0.816. The molecule has 0 unspecified atom stereocenters. The first-order valence-electron chi connectivity index (χ1n) is 10.1. The highest BCUT2D eigenvalue weighted by Crippen LogP contribution is 2.32. The fourth-order valence-corrected chi connectivity index (χ4v) is 3.84. The van der Waals surface area contributed by atoms with Gasteiger partial charge in [0.1, 0.15) is 0 Å². The van der Waals surface area contributed by atoms with E-state index in [0.717, 1.165) is 11.1 Å². The molecule has 0 N–H and O–H groups in total. The van der Waals surface area contributed by atoms with Crippen LogP contribution in [0.5, 0.6) is 0 Å². The van der Waals surface area contributed by atoms with Gasteiger partial charge in [-0.2, -0.15) is 13.2 Å². The summed E-state index contributed by atoms with van der Waals surface area (Å²) in [5.41, 5.74) is 0.623. The number of hydrogen-bond acceptors (Lipinski definition) is 5. The second-order valence-electron chi connectivity index (χ2n) is 7.51. The second kappa shape index (κ2) is 8.68. The van der Waals surface area contributed by atoms with E-state index in [4.69, 9.17) is 4.84 Å². The Bertz CT molecular complexity index is 937. The minimum absolute atomic E-state index is 0.222. The lowest BCUT2D eigenvalue weighted by Gasteiger charge is -2.36. The molecule has 0 spiro atoms. The van der Waals surface area contributed by atoms with Gasteiger partial charge >= 0.3 is 6.18 Å². The molecule has 164 valence electrons. The molecule has 2 aliphatic rings. The number of nitrogens with zero attached hydrogens (tertiary/aromatic N) is 3. The first-order valence-corrected chi connectivity index (χ1v) is 10.1. The van der Waals surface area contributed by atoms with Gasteiger partial charge in [0.2, 0.25) is 0 Å². The van der Waals surface area contributed by atoms with Gasteiger partial charge < -0.3 is 4.90 Å². The highest BCUT2D eigenvalue weighted by atomic mass is 19.4. The van der Waals surface area contributed by atoms with Crippen molar-refractivity contribution in [1.82, 2.24) is 9.96 Å². The van der Waals surface area contributed by atoms with Crippen molar-refractivity contribution >= 4 is 17.5 Å². The SMILES string of the molecule is O=C1c2ccccc2C(=O)N1OCCCN1CCN(c2cccc(C(F)(F)F)c2)CC1. The van der Waals surface area contributed by atoms with Crippen LogP contribution in [0.3, 0.4) is 0 Å². The molecule has 2 aromatic carbocycles. The largest absolute Gasteiger partial charge is 0.416 e. The summed E-state index contributed by atoms with van der Waals surface area (Å²) in [4.78, 5) is 34.1. The zero-order chi connectivity index (χ0) is 22.0. The third kappa shape index (κ3) is 4.57. The van der Waals surface area contributed by atoms with Crippen LogP contribution in [0, 0.1) is 0 Å². The highest BCUT2D eigenvalue weighted by Gasteiger charge is 2.36. The maximum absolute atomic E-state index is 12.9. The predicted molar refractivity (Wildman–Crippen MR) is 108 cm³/mol. The molecular formula is C22H22F3N3O3. The predicted octanol–water partition coefficient (Wildman–Crippen LogP) is 3.45. The lowest BCUT2D eigenvalue weighted by atomic mass is 10.1. The number of benzene rings is 2. The Balaban J connectivity index is 1.21. The van der Waals surface area contributed by atoms with Gasteiger partial charge in [-0.05, 0) is 36.8 Å². The molecule has 0 aromatic heterocycles. The number of anilines is 1. The normalized spacial score (nSPS) is 17.4. The van der Waals surface area contributed by atoms with Crippen molar-refractivity contribution in [3.63, 3.8) is 0 Å². The van der Waals surface area contributed by atoms with E-state index in [0.29, 0.717) is 56.0 Å². The molecule has 0 radical (unpaired) electrons. The molecule has 1 saturated heterocycles. The molecule has 9 heteroatoms. The lowest BCUT2D eigenvalue weighted by Crippen LogP contribution is -2.47. The van der Waals surface area contributed by atoms with Gasteiger partial charge in [0.15, 0.2) is 0 Å². The van der Waals surface area contributed by atoms with Crippen molar-refractivity contribution in [3.05, 3.63) is 65.2 Å². The van der Waals surface area contributed by atoms with Crippen molar-refractivity contribution in [2.24, 2.45) is 0 Å². The smallest absolute Gasteiger partial charge is 0.369 e. The van der Waals surface area contributed by atoms with Crippen molar-refractivity contribution in [3.8, 4) is 0 Å². The molecule has 4 rings (SSSR count). The van der Waals surface area contributed by atoms with Crippen molar-refractivity contribution in [2.45, 2.75) is 12.6 Å². The number of hydrogen-bond donors (Lipinski definition) is 0. The van der Waals surface area contributed by atoms with E-state index in [1.165, 1.54) is 12.1 Å². The fraction of sp³-hybridized carbons (Fsp3) is 0.364. The molecule has 2 amide bonds. The number of carbonyl (C=O) groups excluding carboxylic acids is 2. The Labute approximate surface area is 177 Å². The van der Waals surface area contributed by atoms with Crippen molar-refractivity contribution < 1.29 is 27.6 Å². The van der Waals surface area contributed by atoms with Crippen LogP contribution in [0.15, 0.2) is 48.5 Å². The lowest BCUT2D eigenvalue weighted by molar-refractivity contribution is -0.137. The number of halogens is 3. The zero-order valence-corrected chi connectivity index (χ0v) is 16.8. The van der Waals surface area contributed by atoms with Gasteiger partial charge in [-0.1, -0.05) is 18.2 Å². The average Bonchev–Trinajstić information content (AvgIpc) is 3.01. The Morgan fingerprint density at radius 3 is 2.13 bits per heavy atom. The number of hydroxylamine groups is 2. The molecule has 6 nitrogen and oxygen atoms in total. The summed E-state index contributed by atoms with van der Waals surface area (Å²) in [6, 6.07) is 12.0. The minimum atomic E-state index is -4.35. The van der Waals surface area contributed by atoms with Crippen LogP contribution in [-0.4, -0.2) is 61.1 Å². The number of piperazine rings is 1. The first kappa shape index (κ1) is 21.3. The number of alkyl halides is 3. The van der Waals surface area contributed by atoms with Gasteiger partial charge in [-0.3, -0.25) is 19.3 Å². The summed E-state index contributed by atoms with van der Waals surface area (Å²) in [6.45, 7) is 3.60. The van der Waals surface area contributed by atoms with E-state index >= 15 is 0 Å². The fourth-order valence-electron chi connectivity index (χ4n) is 3.84. The van der Waals surface area contributed by atoms with E-state index in [2.05, 4.69) is 4.90 Å². The van der Waals surface area contributed by atoms with Gasteiger partial charge in [0, 0.05) is 38.4 Å². The van der Waals surface area contributed by atoms with Crippen LogP contribution < -0.4 is 4.90 Å². The van der Waals surface area contributed by atoms with E-state index in [9.17, 15) is 22.8 Å². The summed E-state index contributed by atoms with van der Waals surface area (Å²) in [5.74, 6) is -0.898. The third-order valence-corrected chi connectivity index (χ3v) is 5.51. The van der Waals surface area contributed by atoms with Crippen LogP contribution in [-0.2, 0) is 11.0 Å². The Morgan fingerprint density at radius 1 is 0.871 bits per heavy atom. The average molecular weight is 433 g/mol. The maximum Gasteiger partial charge on any atom is 0.416 e. The van der Waals surface area contributed by atoms with Crippen LogP contribution in [0.25, 0.3) is 0 Å². The van der Waals surface area contributed by atoms with Crippen LogP contribution in [0.4, 0.5) is 18.9 Å². The van der Waals surface area contributed by atoms with E-state index in [-0.39, 0.29) is 6.61 Å². The van der Waals surface area contributed by atoms with Crippen molar-refractivity contribution in [1.29, 1.82) is 0 Å². The Hall–Kier alpha value is -2.91. The highest BCUT2D eigenvalue weighted by molar-refractivity contribution is 6.20. The number of fused-ring (bicyclic) bond motifs is 1. The van der Waals surface area contributed by atoms with Gasteiger partial charge in [-0.15, -0.1) is 5.06 Å². The summed E-state index contributed by atoms with van der Waals surface area (Å²) in [7, 11) is 0. The van der Waals surface area contributed by atoms with Crippen LogP contribution in [0.1, 0.15) is 32.7 Å². The quantitative estimate of drug-likeness (QED) is 0.516. The van der Waals surface area contributed by atoms with Crippen LogP contribution >= 0.6 is 0 Å². The van der Waals surface area contributed by atoms with Crippen LogP contribution in [0.2, 0.25) is 0 Å². The molecule has 2 heterocycles. The molecule has 31 heavy (non-hydrogen) atoms. The molecular weight excluding hydrogens is 411 g/mol. The molecule has 0 saturated carbocycles. The Kier molecular flexibility index (Phi) is 5.97. The van der Waals surface area contributed by atoms with E-state index < -0.39 is 23.6 Å². The monoisotopic (exact) mass is 433 g/mol. The third-order valence-electron chi connectivity index (χ3n) is 5.51. The number of rotatable bonds is 6. The summed E-state index contributed by atoms with van der Waals surface area (Å²) >= 11 is 0. The number of carbonyl (C=O) groups is 2. The van der Waals surface area contributed by atoms with Gasteiger partial charge in [-0.25, -0.2) is 0 Å². The zero-order valence-electron chi connectivity index (χ0n) is 16.8. The first-order chi connectivity index (χ1) is 14.8. The molecule has 0 bridgehead atoms. The van der Waals surface area contributed by atoms with Gasteiger partial charge in [0.25, 0.3) is 11.8 Å². The molecule has 2 aliphatic heterocycles. The number of amides is 2. The topological polar surface area (TPSA) is 53.1 Å². The van der Waals surface area contributed by atoms with Crippen molar-refractivity contribution in [2.75, 3.05) is 44.2 Å². The number of imide groups is 1. The molecule has 0 atom stereocenters. The maximum atomic E-state index is 12.9. The molecule has 2 aromatic rings. The van der Waals surface area contributed by atoms with E-state index in [1.54, 1.807) is 30.3 Å². The standard InChI is InChI=1S/C22H22F3N3O3/c23-22(24,25)16-5-3-6-17(15-16)27-12-10-26(11-13-27)9-4-14-31-28-20(29)18-7-1-2-8-19(18)21(28)30/h1-3,5-8,15H,4,9-14H2. The minimum Gasteiger partial charge on any atom is -0.369 e. The molecule has 0 aliphatic carbocycles.